The number of unbranched alkanes of at least 4 members (excludes halogenated alkanes) is 2. The van der Waals surface area contributed by atoms with E-state index in [0.29, 0.717) is 5.41 Å². The number of carbonyl (C=O) groups is 1. The van der Waals surface area contributed by atoms with Crippen LogP contribution in [0, 0.1) is 0 Å². The van der Waals surface area contributed by atoms with Crippen molar-refractivity contribution >= 4 is 13.5 Å². The van der Waals surface area contributed by atoms with E-state index in [9.17, 15) is 4.79 Å². The summed E-state index contributed by atoms with van der Waals surface area (Å²) in [7, 11) is -1.61. The highest BCUT2D eigenvalue weighted by atomic mass is 28.3. The average Bonchev–Trinajstić information content (AvgIpc) is 2.18. The summed E-state index contributed by atoms with van der Waals surface area (Å²) in [6, 6.07) is 1.10. The van der Waals surface area contributed by atoms with E-state index < -0.39 is 8.07 Å². The molecule has 0 unspecified atom stereocenters. The molecule has 0 aliphatic heterocycles. The molecule has 0 spiro atoms. The first kappa shape index (κ1) is 14.4. The summed E-state index contributed by atoms with van der Waals surface area (Å²) in [5.74, 6) is 0. The molecule has 0 aromatic heterocycles. The van der Waals surface area contributed by atoms with Gasteiger partial charge in [-0.15, -0.1) is 13.2 Å². The SMILES string of the molecule is C=CCCCC(=O)[Si](C)(C)CCCC=C. The fourth-order valence-corrected chi connectivity index (χ4v) is 3.79. The molecule has 0 amide bonds. The lowest BCUT2D eigenvalue weighted by atomic mass is 10.2. The molecule has 0 aromatic rings. The van der Waals surface area contributed by atoms with Crippen LogP contribution in [0.5, 0.6) is 0 Å². The van der Waals surface area contributed by atoms with Gasteiger partial charge < -0.3 is 4.79 Å². The van der Waals surface area contributed by atoms with Crippen LogP contribution in [-0.4, -0.2) is 13.5 Å². The van der Waals surface area contributed by atoms with E-state index in [1.54, 1.807) is 0 Å². The molecule has 1 nitrogen and oxygen atoms in total. The lowest BCUT2D eigenvalue weighted by molar-refractivity contribution is -0.112. The average molecular weight is 224 g/mol. The Labute approximate surface area is 95.3 Å². The zero-order valence-corrected chi connectivity index (χ0v) is 11.2. The van der Waals surface area contributed by atoms with E-state index in [4.69, 9.17) is 0 Å². The highest BCUT2D eigenvalue weighted by Crippen LogP contribution is 2.17. The van der Waals surface area contributed by atoms with Crippen LogP contribution >= 0.6 is 0 Å². The molecule has 2 heteroatoms. The quantitative estimate of drug-likeness (QED) is 0.327. The van der Waals surface area contributed by atoms with Crippen molar-refractivity contribution in [3.8, 4) is 0 Å². The standard InChI is InChI=1S/C13H24OSi/c1-5-7-9-11-13(14)15(3,4)12-10-8-6-2/h5-6H,1-2,7-12H2,3-4H3. The monoisotopic (exact) mass is 224 g/mol. The number of hydrogen-bond acceptors (Lipinski definition) is 1. The molecular formula is C13H24OSi. The van der Waals surface area contributed by atoms with Crippen molar-refractivity contribution in [3.63, 3.8) is 0 Å². The second-order valence-corrected chi connectivity index (χ2v) is 9.49. The van der Waals surface area contributed by atoms with Crippen molar-refractivity contribution in [1.29, 1.82) is 0 Å². The van der Waals surface area contributed by atoms with E-state index in [2.05, 4.69) is 26.3 Å². The molecule has 0 aliphatic rings. The Kier molecular flexibility index (Phi) is 7.31. The molecule has 0 rings (SSSR count). The minimum absolute atomic E-state index is 0.522. The number of allylic oxidation sites excluding steroid dienone is 2. The summed E-state index contributed by atoms with van der Waals surface area (Å²) in [5, 5.41) is 0.522. The van der Waals surface area contributed by atoms with E-state index in [-0.39, 0.29) is 0 Å². The summed E-state index contributed by atoms with van der Waals surface area (Å²) >= 11 is 0. The second-order valence-electron chi connectivity index (χ2n) is 4.67. The topological polar surface area (TPSA) is 17.1 Å². The lowest BCUT2D eigenvalue weighted by Crippen LogP contribution is -2.36. The highest BCUT2D eigenvalue weighted by Gasteiger charge is 2.28. The molecule has 0 saturated carbocycles. The number of hydrogen-bond donors (Lipinski definition) is 0. The Morgan fingerprint density at radius 2 is 1.67 bits per heavy atom. The first-order valence-corrected chi connectivity index (χ1v) is 9.00. The van der Waals surface area contributed by atoms with Gasteiger partial charge in [-0.05, 0) is 19.3 Å². The first-order chi connectivity index (χ1) is 7.04. The summed E-state index contributed by atoms with van der Waals surface area (Å²) in [6.07, 6.45) is 8.67. The maximum atomic E-state index is 11.9. The van der Waals surface area contributed by atoms with Crippen LogP contribution in [0.25, 0.3) is 0 Å². The molecule has 0 aromatic carbocycles. The van der Waals surface area contributed by atoms with E-state index in [1.807, 2.05) is 12.2 Å². The van der Waals surface area contributed by atoms with Crippen LogP contribution in [0.3, 0.4) is 0 Å². The maximum Gasteiger partial charge on any atom is 0.126 e. The lowest BCUT2D eigenvalue weighted by Gasteiger charge is -2.20. The van der Waals surface area contributed by atoms with E-state index in [1.165, 1.54) is 0 Å². The smallest absolute Gasteiger partial charge is 0.126 e. The van der Waals surface area contributed by atoms with Crippen molar-refractivity contribution in [2.75, 3.05) is 0 Å². The molecule has 0 aliphatic carbocycles. The van der Waals surface area contributed by atoms with Crippen molar-refractivity contribution in [2.24, 2.45) is 0 Å². The molecule has 0 saturated heterocycles. The summed E-state index contributed by atoms with van der Waals surface area (Å²) < 4.78 is 0. The molecular weight excluding hydrogens is 200 g/mol. The largest absolute Gasteiger partial charge is 0.305 e. The van der Waals surface area contributed by atoms with Gasteiger partial charge in [-0.3, -0.25) is 0 Å². The van der Waals surface area contributed by atoms with E-state index >= 15 is 0 Å². The zero-order valence-electron chi connectivity index (χ0n) is 10.2. The van der Waals surface area contributed by atoms with Gasteiger partial charge in [-0.2, -0.15) is 0 Å². The molecule has 0 atom stereocenters. The highest BCUT2D eigenvalue weighted by molar-refractivity contribution is 7.04. The van der Waals surface area contributed by atoms with Gasteiger partial charge in [0.15, 0.2) is 0 Å². The van der Waals surface area contributed by atoms with Crippen molar-refractivity contribution in [3.05, 3.63) is 25.3 Å². The van der Waals surface area contributed by atoms with Crippen LogP contribution in [-0.2, 0) is 4.79 Å². The minimum atomic E-state index is -1.61. The predicted molar refractivity (Wildman–Crippen MR) is 70.8 cm³/mol. The Morgan fingerprint density at radius 1 is 1.13 bits per heavy atom. The Morgan fingerprint density at radius 3 is 2.20 bits per heavy atom. The first-order valence-electron chi connectivity index (χ1n) is 5.79. The molecule has 15 heavy (non-hydrogen) atoms. The normalized spacial score (nSPS) is 11.1. The molecule has 0 bridgehead atoms. The summed E-state index contributed by atoms with van der Waals surface area (Å²) in [6.45, 7) is 11.7. The summed E-state index contributed by atoms with van der Waals surface area (Å²) in [5.41, 5.74) is 0. The van der Waals surface area contributed by atoms with Crippen LogP contribution in [0.1, 0.15) is 32.1 Å². The van der Waals surface area contributed by atoms with Crippen LogP contribution < -0.4 is 0 Å². The van der Waals surface area contributed by atoms with Gasteiger partial charge >= 0.3 is 0 Å². The molecule has 0 radical (unpaired) electrons. The van der Waals surface area contributed by atoms with Crippen molar-refractivity contribution in [2.45, 2.75) is 51.2 Å². The van der Waals surface area contributed by atoms with Gasteiger partial charge in [0, 0.05) is 6.42 Å². The van der Waals surface area contributed by atoms with Gasteiger partial charge in [0.1, 0.15) is 13.5 Å². The fraction of sp³-hybridized carbons (Fsp3) is 0.615. The molecule has 0 N–H and O–H groups in total. The minimum Gasteiger partial charge on any atom is -0.305 e. The fourth-order valence-electron chi connectivity index (χ4n) is 1.57. The number of rotatable bonds is 9. The van der Waals surface area contributed by atoms with Gasteiger partial charge in [0.2, 0.25) is 0 Å². The van der Waals surface area contributed by atoms with Gasteiger partial charge in [0.05, 0.1) is 0 Å². The third-order valence-corrected chi connectivity index (χ3v) is 6.14. The Balaban J connectivity index is 3.90. The van der Waals surface area contributed by atoms with Gasteiger partial charge in [-0.25, -0.2) is 0 Å². The third kappa shape index (κ3) is 6.45. The number of carbonyl (C=O) groups excluding carboxylic acids is 1. The third-order valence-electron chi connectivity index (χ3n) is 2.78. The van der Waals surface area contributed by atoms with Crippen LogP contribution in [0.15, 0.2) is 25.3 Å². The van der Waals surface area contributed by atoms with Gasteiger partial charge in [-0.1, -0.05) is 37.7 Å². The molecule has 86 valence electrons. The molecule has 0 heterocycles. The predicted octanol–water partition coefficient (Wildman–Crippen LogP) is 4.13. The van der Waals surface area contributed by atoms with Crippen molar-refractivity contribution < 1.29 is 4.79 Å². The van der Waals surface area contributed by atoms with Gasteiger partial charge in [0.25, 0.3) is 0 Å². The maximum absolute atomic E-state index is 11.9. The van der Waals surface area contributed by atoms with Crippen LogP contribution in [0.2, 0.25) is 19.1 Å². The molecule has 0 fully saturated rings. The Bertz CT molecular complexity index is 219. The van der Waals surface area contributed by atoms with Crippen LogP contribution in [0.4, 0.5) is 0 Å². The van der Waals surface area contributed by atoms with E-state index in [0.717, 1.165) is 38.1 Å². The zero-order chi connectivity index (χ0) is 11.7. The summed E-state index contributed by atoms with van der Waals surface area (Å²) in [4.78, 5) is 11.9. The second kappa shape index (κ2) is 7.63. The van der Waals surface area contributed by atoms with Crippen molar-refractivity contribution in [1.82, 2.24) is 0 Å². The Hall–Kier alpha value is -0.633.